The highest BCUT2D eigenvalue weighted by Crippen LogP contribution is 2.30. The molecular weight excluding hydrogens is 226 g/mol. The van der Waals surface area contributed by atoms with E-state index in [4.69, 9.17) is 0 Å². The Bertz CT molecular complexity index is 383. The van der Waals surface area contributed by atoms with Gasteiger partial charge >= 0.3 is 0 Å². The number of amides is 1. The fourth-order valence-corrected chi connectivity index (χ4v) is 2.54. The fraction of sp³-hybridized carbons (Fsp3) is 0.533. The third kappa shape index (κ3) is 3.84. The molecule has 3 nitrogen and oxygen atoms in total. The van der Waals surface area contributed by atoms with Crippen LogP contribution in [0.2, 0.25) is 0 Å². The third-order valence-corrected chi connectivity index (χ3v) is 3.61. The summed E-state index contributed by atoms with van der Waals surface area (Å²) in [6.07, 6.45) is 4.98. The van der Waals surface area contributed by atoms with Crippen molar-refractivity contribution in [1.29, 1.82) is 0 Å². The minimum Gasteiger partial charge on any atom is -0.389 e. The molecule has 1 aromatic carbocycles. The van der Waals surface area contributed by atoms with Crippen molar-refractivity contribution >= 4 is 5.91 Å². The van der Waals surface area contributed by atoms with Gasteiger partial charge in [-0.25, -0.2) is 0 Å². The molecule has 1 fully saturated rings. The van der Waals surface area contributed by atoms with Gasteiger partial charge < -0.3 is 10.4 Å². The van der Waals surface area contributed by atoms with E-state index in [1.165, 1.54) is 6.42 Å². The first-order valence-corrected chi connectivity index (χ1v) is 6.71. The van der Waals surface area contributed by atoms with Crippen LogP contribution < -0.4 is 5.32 Å². The molecule has 3 heteroatoms. The van der Waals surface area contributed by atoms with E-state index in [1.54, 1.807) is 0 Å². The van der Waals surface area contributed by atoms with Gasteiger partial charge in [0.25, 0.3) is 0 Å². The van der Waals surface area contributed by atoms with Gasteiger partial charge in [0.1, 0.15) is 0 Å². The number of carbonyl (C=O) groups excluding carboxylic acids is 1. The summed E-state index contributed by atoms with van der Waals surface area (Å²) >= 11 is 0. The molecule has 0 spiro atoms. The Morgan fingerprint density at radius 2 is 1.83 bits per heavy atom. The summed E-state index contributed by atoms with van der Waals surface area (Å²) in [6, 6.07) is 9.83. The predicted octanol–water partition coefficient (Wildman–Crippen LogP) is 2.39. The molecule has 0 aliphatic heterocycles. The molecule has 0 radical (unpaired) electrons. The van der Waals surface area contributed by atoms with Crippen molar-refractivity contribution in [2.45, 2.75) is 50.7 Å². The summed E-state index contributed by atoms with van der Waals surface area (Å²) in [5.74, 6) is -0.0525. The summed E-state index contributed by atoms with van der Waals surface area (Å²) < 4.78 is 0. The van der Waals surface area contributed by atoms with E-state index < -0.39 is 5.60 Å². The van der Waals surface area contributed by atoms with Crippen molar-refractivity contribution in [3.8, 4) is 0 Å². The van der Waals surface area contributed by atoms with Gasteiger partial charge in [-0.15, -0.1) is 0 Å². The summed E-state index contributed by atoms with van der Waals surface area (Å²) in [5.41, 5.74) is 0.320. The smallest absolute Gasteiger partial charge is 0.223 e. The van der Waals surface area contributed by atoms with Crippen molar-refractivity contribution in [1.82, 2.24) is 5.32 Å². The number of benzene rings is 1. The van der Waals surface area contributed by atoms with Gasteiger partial charge in [0.2, 0.25) is 5.91 Å². The standard InChI is InChI=1S/C15H21NO2/c17-14(11-15(18)9-5-2-6-10-15)16-12-13-7-3-1-4-8-13/h1,3-4,7-8,18H,2,5-6,9-12H2,(H,16,17). The quantitative estimate of drug-likeness (QED) is 0.858. The molecule has 1 saturated carbocycles. The maximum atomic E-state index is 11.8. The lowest BCUT2D eigenvalue weighted by molar-refractivity contribution is -0.127. The lowest BCUT2D eigenvalue weighted by Crippen LogP contribution is -2.38. The average Bonchev–Trinajstić information content (AvgIpc) is 2.38. The molecule has 0 bridgehead atoms. The van der Waals surface area contributed by atoms with Crippen LogP contribution in [0.4, 0.5) is 0 Å². The van der Waals surface area contributed by atoms with Crippen LogP contribution in [0.5, 0.6) is 0 Å². The number of nitrogens with one attached hydrogen (secondary N) is 1. The molecule has 1 aromatic rings. The summed E-state index contributed by atoms with van der Waals surface area (Å²) in [7, 11) is 0. The lowest BCUT2D eigenvalue weighted by atomic mass is 9.82. The van der Waals surface area contributed by atoms with E-state index >= 15 is 0 Å². The fourth-order valence-electron chi connectivity index (χ4n) is 2.54. The zero-order valence-electron chi connectivity index (χ0n) is 10.7. The van der Waals surface area contributed by atoms with Crippen LogP contribution in [-0.2, 0) is 11.3 Å². The van der Waals surface area contributed by atoms with Crippen LogP contribution >= 0.6 is 0 Å². The van der Waals surface area contributed by atoms with Gasteiger partial charge in [-0.1, -0.05) is 49.6 Å². The molecule has 0 atom stereocenters. The second-order valence-corrected chi connectivity index (χ2v) is 5.22. The minimum absolute atomic E-state index is 0.0525. The van der Waals surface area contributed by atoms with Gasteiger partial charge in [0, 0.05) is 6.54 Å². The van der Waals surface area contributed by atoms with Crippen molar-refractivity contribution in [2.24, 2.45) is 0 Å². The van der Waals surface area contributed by atoms with Crippen molar-refractivity contribution in [3.63, 3.8) is 0 Å². The van der Waals surface area contributed by atoms with Crippen molar-refractivity contribution in [2.75, 3.05) is 0 Å². The molecule has 18 heavy (non-hydrogen) atoms. The largest absolute Gasteiger partial charge is 0.389 e. The second-order valence-electron chi connectivity index (χ2n) is 5.22. The van der Waals surface area contributed by atoms with Crippen molar-refractivity contribution in [3.05, 3.63) is 35.9 Å². The molecule has 0 saturated heterocycles. The zero-order valence-corrected chi connectivity index (χ0v) is 10.7. The van der Waals surface area contributed by atoms with Crippen LogP contribution in [-0.4, -0.2) is 16.6 Å². The molecule has 0 aromatic heterocycles. The Hall–Kier alpha value is -1.35. The SMILES string of the molecule is O=C(CC1(O)CCCCC1)NCc1ccccc1. The van der Waals surface area contributed by atoms with E-state index in [-0.39, 0.29) is 12.3 Å². The van der Waals surface area contributed by atoms with E-state index in [0.29, 0.717) is 6.54 Å². The molecule has 0 unspecified atom stereocenters. The number of hydrogen-bond acceptors (Lipinski definition) is 2. The van der Waals surface area contributed by atoms with E-state index in [1.807, 2.05) is 30.3 Å². The Labute approximate surface area is 108 Å². The molecule has 1 aliphatic rings. The predicted molar refractivity (Wildman–Crippen MR) is 70.9 cm³/mol. The van der Waals surface area contributed by atoms with E-state index in [2.05, 4.69) is 5.32 Å². The van der Waals surface area contributed by atoms with Gasteiger partial charge in [0.15, 0.2) is 0 Å². The molecule has 1 aliphatic carbocycles. The van der Waals surface area contributed by atoms with Gasteiger partial charge in [-0.3, -0.25) is 4.79 Å². The van der Waals surface area contributed by atoms with Crippen LogP contribution in [0.15, 0.2) is 30.3 Å². The average molecular weight is 247 g/mol. The van der Waals surface area contributed by atoms with E-state index in [9.17, 15) is 9.90 Å². The normalized spacial score (nSPS) is 18.3. The minimum atomic E-state index is -0.765. The van der Waals surface area contributed by atoms with Crippen LogP contribution in [0.1, 0.15) is 44.1 Å². The number of carbonyl (C=O) groups is 1. The number of rotatable bonds is 4. The highest BCUT2D eigenvalue weighted by Gasteiger charge is 2.31. The van der Waals surface area contributed by atoms with Crippen LogP contribution in [0.25, 0.3) is 0 Å². The Morgan fingerprint density at radius 1 is 1.17 bits per heavy atom. The Balaban J connectivity index is 1.78. The Kier molecular flexibility index (Phi) is 4.37. The van der Waals surface area contributed by atoms with Gasteiger partial charge in [-0.2, -0.15) is 0 Å². The summed E-state index contributed by atoms with van der Waals surface area (Å²) in [4.78, 5) is 11.8. The maximum absolute atomic E-state index is 11.8. The van der Waals surface area contributed by atoms with Crippen molar-refractivity contribution < 1.29 is 9.90 Å². The highest BCUT2D eigenvalue weighted by atomic mass is 16.3. The van der Waals surface area contributed by atoms with Gasteiger partial charge in [0.05, 0.1) is 12.0 Å². The highest BCUT2D eigenvalue weighted by molar-refractivity contribution is 5.77. The molecule has 0 heterocycles. The number of aliphatic hydroxyl groups is 1. The van der Waals surface area contributed by atoms with Crippen LogP contribution in [0.3, 0.4) is 0 Å². The van der Waals surface area contributed by atoms with E-state index in [0.717, 1.165) is 31.2 Å². The number of hydrogen-bond donors (Lipinski definition) is 2. The molecule has 2 N–H and O–H groups in total. The lowest BCUT2D eigenvalue weighted by Gasteiger charge is -2.31. The third-order valence-electron chi connectivity index (χ3n) is 3.61. The zero-order chi connectivity index (χ0) is 12.8. The maximum Gasteiger partial charge on any atom is 0.223 e. The van der Waals surface area contributed by atoms with Gasteiger partial charge in [-0.05, 0) is 18.4 Å². The summed E-state index contributed by atoms with van der Waals surface area (Å²) in [6.45, 7) is 0.537. The summed E-state index contributed by atoms with van der Waals surface area (Å²) in [5, 5.41) is 13.2. The monoisotopic (exact) mass is 247 g/mol. The second kappa shape index (κ2) is 6.01. The molecule has 1 amide bonds. The molecule has 2 rings (SSSR count). The Morgan fingerprint density at radius 3 is 2.50 bits per heavy atom. The first-order chi connectivity index (χ1) is 8.68. The van der Waals surface area contributed by atoms with Crippen LogP contribution in [0, 0.1) is 0 Å². The first kappa shape index (κ1) is 13.1. The topological polar surface area (TPSA) is 49.3 Å². The first-order valence-electron chi connectivity index (χ1n) is 6.71. The molecule has 98 valence electrons. The molecular formula is C15H21NO2.